The molecule has 0 bridgehead atoms. The van der Waals surface area contributed by atoms with Crippen molar-refractivity contribution in [3.05, 3.63) is 54.7 Å². The van der Waals surface area contributed by atoms with Crippen molar-refractivity contribution < 1.29 is 0 Å². The number of imidazole rings is 1. The Morgan fingerprint density at radius 1 is 1.17 bits per heavy atom. The molecule has 0 unspecified atom stereocenters. The molecule has 0 aliphatic carbocycles. The number of nitriles is 1. The first-order chi connectivity index (χ1) is 8.88. The molecule has 0 saturated carbocycles. The lowest BCUT2D eigenvalue weighted by Gasteiger charge is -2.06. The minimum absolute atomic E-state index is 0.730. The third kappa shape index (κ3) is 1.76. The summed E-state index contributed by atoms with van der Waals surface area (Å²) >= 11 is 0. The lowest BCUT2D eigenvalue weighted by Crippen LogP contribution is -2.04. The highest BCUT2D eigenvalue weighted by Crippen LogP contribution is 2.19. The van der Waals surface area contributed by atoms with Crippen molar-refractivity contribution in [3.8, 4) is 6.07 Å². The molecule has 0 fully saturated rings. The zero-order valence-corrected chi connectivity index (χ0v) is 9.82. The normalized spacial score (nSPS) is 10.6. The maximum absolute atomic E-state index is 9.05. The molecule has 0 N–H and O–H groups in total. The van der Waals surface area contributed by atoms with Gasteiger partial charge in [0.1, 0.15) is 0 Å². The number of rotatable bonds is 3. The fourth-order valence-corrected chi connectivity index (χ4v) is 2.16. The van der Waals surface area contributed by atoms with Gasteiger partial charge in [0.2, 0.25) is 0 Å². The highest BCUT2D eigenvalue weighted by Gasteiger charge is 2.04. The Labute approximate surface area is 105 Å². The summed E-state index contributed by atoms with van der Waals surface area (Å²) in [6, 6.07) is 10.0. The first-order valence-electron chi connectivity index (χ1n) is 5.82. The monoisotopic (exact) mass is 236 g/mol. The van der Waals surface area contributed by atoms with Crippen LogP contribution in [0.3, 0.4) is 0 Å². The van der Waals surface area contributed by atoms with E-state index >= 15 is 0 Å². The van der Waals surface area contributed by atoms with Crippen LogP contribution in [-0.2, 0) is 13.1 Å². The van der Waals surface area contributed by atoms with Gasteiger partial charge in [-0.25, -0.2) is 4.98 Å². The van der Waals surface area contributed by atoms with Crippen LogP contribution in [0.25, 0.3) is 10.9 Å². The van der Waals surface area contributed by atoms with Crippen LogP contribution in [0.5, 0.6) is 0 Å². The molecule has 0 amide bonds. The van der Waals surface area contributed by atoms with Crippen LogP contribution in [0.2, 0.25) is 0 Å². The third-order valence-electron chi connectivity index (χ3n) is 3.09. The number of aromatic nitrogens is 3. The summed E-state index contributed by atoms with van der Waals surface area (Å²) in [4.78, 5) is 4.02. The molecule has 2 aromatic heterocycles. The van der Waals surface area contributed by atoms with Crippen LogP contribution >= 0.6 is 0 Å². The fraction of sp³-hybridized carbons (Fsp3) is 0.143. The van der Waals surface area contributed by atoms with E-state index in [9.17, 15) is 0 Å². The molecule has 0 atom stereocenters. The van der Waals surface area contributed by atoms with Gasteiger partial charge < -0.3 is 9.13 Å². The maximum Gasteiger partial charge on any atom is 0.0998 e. The molecule has 88 valence electrons. The van der Waals surface area contributed by atoms with E-state index in [4.69, 9.17) is 5.26 Å². The van der Waals surface area contributed by atoms with Crippen molar-refractivity contribution in [1.82, 2.24) is 14.1 Å². The fourth-order valence-electron chi connectivity index (χ4n) is 2.16. The second kappa shape index (κ2) is 4.38. The first-order valence-corrected chi connectivity index (χ1v) is 5.82. The topological polar surface area (TPSA) is 46.5 Å². The summed E-state index contributed by atoms with van der Waals surface area (Å²) in [5, 5.41) is 10.1. The van der Waals surface area contributed by atoms with Crippen molar-refractivity contribution in [2.75, 3.05) is 0 Å². The van der Waals surface area contributed by atoms with Crippen molar-refractivity contribution in [2.24, 2.45) is 0 Å². The van der Waals surface area contributed by atoms with Crippen molar-refractivity contribution >= 4 is 10.9 Å². The molecule has 0 aliphatic rings. The van der Waals surface area contributed by atoms with E-state index in [0.29, 0.717) is 0 Å². The molecule has 0 spiro atoms. The van der Waals surface area contributed by atoms with Gasteiger partial charge in [-0.05, 0) is 18.2 Å². The zero-order chi connectivity index (χ0) is 12.4. The first kappa shape index (κ1) is 10.6. The molecule has 4 heteroatoms. The van der Waals surface area contributed by atoms with Gasteiger partial charge >= 0.3 is 0 Å². The minimum atomic E-state index is 0.730. The number of benzene rings is 1. The summed E-state index contributed by atoms with van der Waals surface area (Å²) in [7, 11) is 0. The van der Waals surface area contributed by atoms with E-state index in [1.54, 1.807) is 6.20 Å². The Bertz CT molecular complexity index is 701. The van der Waals surface area contributed by atoms with Crippen LogP contribution in [0.15, 0.2) is 49.2 Å². The van der Waals surface area contributed by atoms with E-state index in [-0.39, 0.29) is 0 Å². The second-order valence-corrected chi connectivity index (χ2v) is 4.16. The lowest BCUT2D eigenvalue weighted by molar-refractivity contribution is 0.592. The smallest absolute Gasteiger partial charge is 0.0998 e. The molecule has 3 rings (SSSR count). The van der Waals surface area contributed by atoms with Gasteiger partial charge in [0, 0.05) is 42.6 Å². The van der Waals surface area contributed by atoms with Crippen LogP contribution in [0, 0.1) is 11.3 Å². The Morgan fingerprint density at radius 3 is 2.89 bits per heavy atom. The molecule has 1 aromatic carbocycles. The Hall–Kier alpha value is -2.54. The quantitative estimate of drug-likeness (QED) is 0.701. The second-order valence-electron chi connectivity index (χ2n) is 4.16. The van der Waals surface area contributed by atoms with Gasteiger partial charge in [0.05, 0.1) is 18.0 Å². The molecular weight excluding hydrogens is 224 g/mol. The molecular formula is C14H12N4. The van der Waals surface area contributed by atoms with Gasteiger partial charge in [-0.2, -0.15) is 5.26 Å². The van der Waals surface area contributed by atoms with Crippen molar-refractivity contribution in [3.63, 3.8) is 0 Å². The highest BCUT2D eigenvalue weighted by atomic mass is 15.1. The predicted molar refractivity (Wildman–Crippen MR) is 68.9 cm³/mol. The third-order valence-corrected chi connectivity index (χ3v) is 3.09. The minimum Gasteiger partial charge on any atom is -0.346 e. The van der Waals surface area contributed by atoms with E-state index in [0.717, 1.165) is 29.6 Å². The van der Waals surface area contributed by atoms with Crippen molar-refractivity contribution in [1.29, 1.82) is 5.26 Å². The van der Waals surface area contributed by atoms with Gasteiger partial charge in [-0.3, -0.25) is 0 Å². The predicted octanol–water partition coefficient (Wildman–Crippen LogP) is 2.41. The molecule has 0 saturated heterocycles. The molecule has 0 aliphatic heterocycles. The van der Waals surface area contributed by atoms with Crippen molar-refractivity contribution in [2.45, 2.75) is 13.1 Å². The average Bonchev–Trinajstić information content (AvgIpc) is 3.05. The number of hydrogen-bond donors (Lipinski definition) is 0. The molecule has 4 nitrogen and oxygen atoms in total. The number of hydrogen-bond acceptors (Lipinski definition) is 2. The Balaban J connectivity index is 1.91. The van der Waals surface area contributed by atoms with Crippen LogP contribution < -0.4 is 0 Å². The number of nitrogens with zero attached hydrogens (tertiary/aromatic N) is 4. The summed E-state index contributed by atoms with van der Waals surface area (Å²) in [5.74, 6) is 0. The van der Waals surface area contributed by atoms with Gasteiger partial charge in [0.15, 0.2) is 0 Å². The highest BCUT2D eigenvalue weighted by molar-refractivity contribution is 5.85. The summed E-state index contributed by atoms with van der Waals surface area (Å²) in [6.45, 7) is 1.75. The van der Waals surface area contributed by atoms with Gasteiger partial charge in [-0.15, -0.1) is 0 Å². The van der Waals surface area contributed by atoms with E-state index in [1.807, 2.05) is 47.6 Å². The molecule has 0 radical (unpaired) electrons. The Kier molecular flexibility index (Phi) is 2.58. The molecule has 18 heavy (non-hydrogen) atoms. The largest absolute Gasteiger partial charge is 0.346 e. The average molecular weight is 236 g/mol. The maximum atomic E-state index is 9.05. The van der Waals surface area contributed by atoms with Gasteiger partial charge in [0.25, 0.3) is 0 Å². The standard InChI is InChI=1S/C14H12N4/c15-10-12-2-1-3-14-13(12)4-6-18(14)9-8-17-7-5-16-11-17/h1-7,11H,8-9H2. The van der Waals surface area contributed by atoms with Crippen LogP contribution in [-0.4, -0.2) is 14.1 Å². The number of fused-ring (bicyclic) bond motifs is 1. The molecule has 2 heterocycles. The summed E-state index contributed by atoms with van der Waals surface area (Å²) in [6.07, 6.45) is 7.57. The Morgan fingerprint density at radius 2 is 2.11 bits per heavy atom. The van der Waals surface area contributed by atoms with Crippen LogP contribution in [0.4, 0.5) is 0 Å². The van der Waals surface area contributed by atoms with E-state index in [1.165, 1.54) is 0 Å². The lowest BCUT2D eigenvalue weighted by atomic mass is 10.1. The SMILES string of the molecule is N#Cc1cccc2c1ccn2CCn1ccnc1. The summed E-state index contributed by atoms with van der Waals surface area (Å²) in [5.41, 5.74) is 1.84. The van der Waals surface area contributed by atoms with Gasteiger partial charge in [-0.1, -0.05) is 6.07 Å². The molecule has 3 aromatic rings. The summed E-state index contributed by atoms with van der Waals surface area (Å²) < 4.78 is 4.20. The zero-order valence-electron chi connectivity index (χ0n) is 9.82. The van der Waals surface area contributed by atoms with Crippen LogP contribution in [0.1, 0.15) is 5.56 Å². The van der Waals surface area contributed by atoms with E-state index in [2.05, 4.69) is 15.6 Å². The number of aryl methyl sites for hydroxylation is 2. The van der Waals surface area contributed by atoms with E-state index < -0.39 is 0 Å².